The number of nitrogens with two attached hydrogens (primary N) is 1. The Bertz CT molecular complexity index is 654. The summed E-state index contributed by atoms with van der Waals surface area (Å²) in [6.07, 6.45) is 0. The fraction of sp³-hybridized carbons (Fsp3) is 0.0909. The first-order chi connectivity index (χ1) is 7.74. The van der Waals surface area contributed by atoms with Crippen LogP contribution in [0.5, 0.6) is 0 Å². The third-order valence-corrected chi connectivity index (χ3v) is 2.32. The lowest BCUT2D eigenvalue weighted by Crippen LogP contribution is -1.80. The van der Waals surface area contributed by atoms with Crippen molar-refractivity contribution in [1.82, 2.24) is 10.1 Å². The Morgan fingerprint density at radius 3 is 2.94 bits per heavy atom. The van der Waals surface area contributed by atoms with Gasteiger partial charge in [0.05, 0.1) is 0 Å². The molecule has 3 aromatic rings. The molecule has 0 unspecified atom stereocenters. The standard InChI is InChI=1S/C11H9N3O2/c1-6-13-11-7(3-2-4-8(11)15-6)9-5-10(12)14-16-9/h2-5H,1H3,(H2,12,14). The monoisotopic (exact) mass is 215 g/mol. The highest BCUT2D eigenvalue weighted by molar-refractivity contribution is 5.89. The Morgan fingerprint density at radius 1 is 1.31 bits per heavy atom. The van der Waals surface area contributed by atoms with Crippen LogP contribution in [0.15, 0.2) is 33.2 Å². The van der Waals surface area contributed by atoms with Crippen LogP contribution in [0.2, 0.25) is 0 Å². The van der Waals surface area contributed by atoms with Crippen molar-refractivity contribution in [3.8, 4) is 11.3 Å². The first-order valence-electron chi connectivity index (χ1n) is 4.83. The van der Waals surface area contributed by atoms with Gasteiger partial charge in [0, 0.05) is 18.6 Å². The lowest BCUT2D eigenvalue weighted by molar-refractivity contribution is 0.436. The summed E-state index contributed by atoms with van der Waals surface area (Å²) in [5, 5.41) is 3.65. The largest absolute Gasteiger partial charge is 0.441 e. The highest BCUT2D eigenvalue weighted by Crippen LogP contribution is 2.29. The van der Waals surface area contributed by atoms with Gasteiger partial charge in [-0.15, -0.1) is 0 Å². The fourth-order valence-electron chi connectivity index (χ4n) is 1.67. The van der Waals surface area contributed by atoms with Crippen molar-refractivity contribution in [2.75, 3.05) is 5.73 Å². The molecule has 2 heterocycles. The van der Waals surface area contributed by atoms with Crippen LogP contribution in [0.3, 0.4) is 0 Å². The van der Waals surface area contributed by atoms with Gasteiger partial charge >= 0.3 is 0 Å². The predicted molar refractivity (Wildman–Crippen MR) is 58.7 cm³/mol. The van der Waals surface area contributed by atoms with Crippen LogP contribution in [0.1, 0.15) is 5.89 Å². The number of nitrogens with zero attached hydrogens (tertiary/aromatic N) is 2. The fourth-order valence-corrected chi connectivity index (χ4v) is 1.67. The second kappa shape index (κ2) is 3.10. The molecule has 0 radical (unpaired) electrons. The lowest BCUT2D eigenvalue weighted by Gasteiger charge is -1.94. The number of anilines is 1. The summed E-state index contributed by atoms with van der Waals surface area (Å²) in [7, 11) is 0. The number of para-hydroxylation sites is 1. The van der Waals surface area contributed by atoms with E-state index in [1.54, 1.807) is 13.0 Å². The summed E-state index contributed by atoms with van der Waals surface area (Å²) in [6.45, 7) is 1.80. The predicted octanol–water partition coefficient (Wildman–Crippen LogP) is 2.37. The summed E-state index contributed by atoms with van der Waals surface area (Å²) < 4.78 is 10.5. The van der Waals surface area contributed by atoms with Crippen LogP contribution < -0.4 is 5.73 Å². The van der Waals surface area contributed by atoms with Gasteiger partial charge in [-0.05, 0) is 12.1 Å². The number of nitrogen functional groups attached to an aromatic ring is 1. The third kappa shape index (κ3) is 1.25. The van der Waals surface area contributed by atoms with Gasteiger partial charge in [0.2, 0.25) is 0 Å². The summed E-state index contributed by atoms with van der Waals surface area (Å²) in [6, 6.07) is 7.29. The number of rotatable bonds is 1. The van der Waals surface area contributed by atoms with Crippen molar-refractivity contribution in [3.63, 3.8) is 0 Å². The zero-order chi connectivity index (χ0) is 11.1. The van der Waals surface area contributed by atoms with Gasteiger partial charge in [0.15, 0.2) is 23.1 Å². The van der Waals surface area contributed by atoms with Crippen molar-refractivity contribution < 1.29 is 8.94 Å². The van der Waals surface area contributed by atoms with E-state index in [4.69, 9.17) is 14.7 Å². The molecular formula is C11H9N3O2. The average molecular weight is 215 g/mol. The molecule has 0 saturated carbocycles. The summed E-state index contributed by atoms with van der Waals surface area (Å²) in [5.41, 5.74) is 7.84. The van der Waals surface area contributed by atoms with Crippen LogP contribution in [-0.4, -0.2) is 10.1 Å². The first-order valence-corrected chi connectivity index (χ1v) is 4.83. The highest BCUT2D eigenvalue weighted by atomic mass is 16.5. The maximum atomic E-state index is 5.52. The Hall–Kier alpha value is -2.30. The number of benzene rings is 1. The molecule has 2 N–H and O–H groups in total. The zero-order valence-electron chi connectivity index (χ0n) is 8.60. The van der Waals surface area contributed by atoms with Gasteiger partial charge in [-0.2, -0.15) is 0 Å². The van der Waals surface area contributed by atoms with Crippen LogP contribution in [0.25, 0.3) is 22.4 Å². The number of oxazole rings is 1. The van der Waals surface area contributed by atoms with E-state index in [1.165, 1.54) is 0 Å². The minimum absolute atomic E-state index is 0.354. The molecule has 80 valence electrons. The van der Waals surface area contributed by atoms with E-state index in [2.05, 4.69) is 10.1 Å². The van der Waals surface area contributed by atoms with E-state index in [9.17, 15) is 0 Å². The number of aromatic nitrogens is 2. The molecule has 0 spiro atoms. The number of hydrogen-bond acceptors (Lipinski definition) is 5. The second-order valence-electron chi connectivity index (χ2n) is 3.50. The second-order valence-corrected chi connectivity index (χ2v) is 3.50. The Morgan fingerprint density at radius 2 is 2.19 bits per heavy atom. The zero-order valence-corrected chi connectivity index (χ0v) is 8.60. The van der Waals surface area contributed by atoms with Gasteiger partial charge in [-0.25, -0.2) is 4.98 Å². The van der Waals surface area contributed by atoms with E-state index in [0.29, 0.717) is 17.5 Å². The van der Waals surface area contributed by atoms with Crippen molar-refractivity contribution in [1.29, 1.82) is 0 Å². The molecule has 5 heteroatoms. The van der Waals surface area contributed by atoms with Crippen LogP contribution >= 0.6 is 0 Å². The molecule has 0 aliphatic heterocycles. The van der Waals surface area contributed by atoms with Crippen LogP contribution in [0.4, 0.5) is 5.82 Å². The molecule has 0 amide bonds. The lowest BCUT2D eigenvalue weighted by atomic mass is 10.1. The molecule has 0 saturated heterocycles. The minimum atomic E-state index is 0.354. The van der Waals surface area contributed by atoms with Crippen molar-refractivity contribution in [2.24, 2.45) is 0 Å². The maximum absolute atomic E-state index is 5.52. The molecule has 0 fully saturated rings. The number of hydrogen-bond donors (Lipinski definition) is 1. The van der Waals surface area contributed by atoms with E-state index < -0.39 is 0 Å². The highest BCUT2D eigenvalue weighted by Gasteiger charge is 2.12. The molecule has 0 aliphatic rings. The van der Waals surface area contributed by atoms with Crippen LogP contribution in [0, 0.1) is 6.92 Å². The Balaban J connectivity index is 2.30. The molecule has 0 aliphatic carbocycles. The van der Waals surface area contributed by atoms with E-state index >= 15 is 0 Å². The van der Waals surface area contributed by atoms with E-state index in [0.717, 1.165) is 16.7 Å². The van der Waals surface area contributed by atoms with Gasteiger partial charge in [0.25, 0.3) is 0 Å². The minimum Gasteiger partial charge on any atom is -0.441 e. The van der Waals surface area contributed by atoms with Gasteiger partial charge in [-0.3, -0.25) is 0 Å². The van der Waals surface area contributed by atoms with Crippen molar-refractivity contribution in [3.05, 3.63) is 30.2 Å². The number of fused-ring (bicyclic) bond motifs is 1. The molecule has 1 aromatic carbocycles. The topological polar surface area (TPSA) is 78.1 Å². The van der Waals surface area contributed by atoms with Crippen LogP contribution in [-0.2, 0) is 0 Å². The maximum Gasteiger partial charge on any atom is 0.192 e. The van der Waals surface area contributed by atoms with Gasteiger partial charge < -0.3 is 14.7 Å². The Labute approximate surface area is 90.9 Å². The van der Waals surface area contributed by atoms with E-state index in [-0.39, 0.29) is 0 Å². The normalized spacial score (nSPS) is 11.1. The van der Waals surface area contributed by atoms with Gasteiger partial charge in [0.1, 0.15) is 5.52 Å². The molecular weight excluding hydrogens is 206 g/mol. The molecule has 0 atom stereocenters. The summed E-state index contributed by atoms with van der Waals surface area (Å²) in [5.74, 6) is 1.57. The SMILES string of the molecule is Cc1nc2c(-c3cc(N)no3)cccc2o1. The molecule has 3 rings (SSSR count). The van der Waals surface area contributed by atoms with E-state index in [1.807, 2.05) is 18.2 Å². The quantitative estimate of drug-likeness (QED) is 0.674. The summed E-state index contributed by atoms with van der Waals surface area (Å²) in [4.78, 5) is 4.30. The van der Waals surface area contributed by atoms with Crippen molar-refractivity contribution >= 4 is 16.9 Å². The summed E-state index contributed by atoms with van der Waals surface area (Å²) >= 11 is 0. The average Bonchev–Trinajstić information content (AvgIpc) is 2.82. The molecule has 2 aromatic heterocycles. The first kappa shape index (κ1) is 8.96. The molecule has 5 nitrogen and oxygen atoms in total. The number of aryl methyl sites for hydroxylation is 1. The third-order valence-electron chi connectivity index (χ3n) is 2.32. The van der Waals surface area contributed by atoms with Crippen molar-refractivity contribution in [2.45, 2.75) is 6.92 Å². The Kier molecular flexibility index (Phi) is 1.73. The van der Waals surface area contributed by atoms with Gasteiger partial charge in [-0.1, -0.05) is 11.2 Å². The smallest absolute Gasteiger partial charge is 0.192 e. The molecule has 0 bridgehead atoms. The molecule has 16 heavy (non-hydrogen) atoms.